The average molecular weight is 835 g/mol. The number of hydrogen-bond acceptors (Lipinski definition) is 9. The molecule has 2 spiro atoms. The number of rotatable bonds is 16. The number of aliphatic carboxylic acids is 2. The fraction of sp³-hybridized carbons (Fsp3) is 0.537. The van der Waals surface area contributed by atoms with Crippen molar-refractivity contribution in [2.45, 2.75) is 136 Å². The molecule has 56 heavy (non-hydrogen) atoms. The van der Waals surface area contributed by atoms with Crippen LogP contribution < -0.4 is 56.3 Å². The topological polar surface area (TPSA) is 195 Å². The molecule has 0 amide bonds. The van der Waals surface area contributed by atoms with Crippen molar-refractivity contribution in [1.29, 1.82) is 0 Å². The van der Waals surface area contributed by atoms with Crippen LogP contribution in [0.1, 0.15) is 127 Å². The van der Waals surface area contributed by atoms with Gasteiger partial charge in [0.05, 0.1) is 15.2 Å². The summed E-state index contributed by atoms with van der Waals surface area (Å²) in [6.45, 7) is 1.16. The molecule has 0 saturated heterocycles. The van der Waals surface area contributed by atoms with Crippen LogP contribution in [-0.4, -0.2) is 71.5 Å². The standard InChI is InChI=1S/C41H52N2O10S2.K/c44-38(45)16-5-1-11-26-42-34-20-18-30(54(48,49)50)28-32(34)40(22-7-3-8-23-40)36(42)14-13-15-37-41(24-9-4-10-25-41)33-29-31(55(51,52)53)19-21-35(33)43(37)27-12-2-6-17-39(46)47;/h13-15,18-21,28-29H,1-12,16-17,22-27H2,(H3-,44,45,46,47,48,49,50,51,52,53);/q;+1/p-1. The number of allylic oxidation sites excluding steroid dienone is 4. The van der Waals surface area contributed by atoms with E-state index in [0.717, 1.165) is 98.1 Å². The molecule has 2 fully saturated rings. The molecule has 0 bridgehead atoms. The summed E-state index contributed by atoms with van der Waals surface area (Å²) in [6.07, 6.45) is 19.2. The molecule has 2 aromatic rings. The normalized spacial score (nSPS) is 19.5. The molecule has 2 heterocycles. The number of carboxylic acids is 2. The van der Waals surface area contributed by atoms with Crippen molar-refractivity contribution in [3.63, 3.8) is 0 Å². The van der Waals surface area contributed by atoms with Crippen LogP contribution in [0, 0.1) is 0 Å². The number of nitrogens with zero attached hydrogens (tertiary/aromatic N) is 2. The number of anilines is 1. The van der Waals surface area contributed by atoms with Gasteiger partial charge in [0.2, 0.25) is 5.69 Å². The summed E-state index contributed by atoms with van der Waals surface area (Å²) in [5, 5.41) is 18.4. The van der Waals surface area contributed by atoms with E-state index in [1.165, 1.54) is 12.1 Å². The Labute approximate surface area is 373 Å². The summed E-state index contributed by atoms with van der Waals surface area (Å²) in [5.74, 6) is -1.68. The van der Waals surface area contributed by atoms with E-state index in [4.69, 9.17) is 0 Å². The first kappa shape index (κ1) is 44.9. The summed E-state index contributed by atoms with van der Waals surface area (Å²) in [5.41, 5.74) is 4.33. The number of benzene rings is 2. The maximum Gasteiger partial charge on any atom is 1.00 e. The third kappa shape index (κ3) is 9.63. The van der Waals surface area contributed by atoms with Gasteiger partial charge in [0.25, 0.3) is 0 Å². The summed E-state index contributed by atoms with van der Waals surface area (Å²) in [6, 6.07) is 9.31. The Kier molecular flexibility index (Phi) is 15.1. The fourth-order valence-electron chi connectivity index (χ4n) is 9.65. The molecule has 12 nitrogen and oxygen atoms in total. The van der Waals surface area contributed by atoms with Crippen molar-refractivity contribution in [2.75, 3.05) is 18.0 Å². The minimum absolute atomic E-state index is 0. The number of hydrogen-bond donors (Lipinski definition) is 2. The fourth-order valence-corrected chi connectivity index (χ4v) is 10.6. The number of carboxylic acid groups (broad SMARTS) is 2. The Morgan fingerprint density at radius 3 is 1.82 bits per heavy atom. The van der Waals surface area contributed by atoms with Crippen molar-refractivity contribution < 1.29 is 102 Å². The SMILES string of the molecule is O=C(O)CCCCCN1/C(=C\C=C\C2=[N+](CCCCCC(=O)O)c3ccc(S(=O)(=O)[O-])cc3C23CCCCC3)C2(CCCCC2)c2cc(S(=O)(=O)[O-])ccc21.[K+]. The summed E-state index contributed by atoms with van der Waals surface area (Å²) in [7, 11) is -9.41. The van der Waals surface area contributed by atoms with Crippen molar-refractivity contribution in [1.82, 2.24) is 0 Å². The van der Waals surface area contributed by atoms with E-state index >= 15 is 0 Å². The van der Waals surface area contributed by atoms with E-state index < -0.39 is 43.0 Å². The molecular formula is C41H51KN2O10S2. The Hall–Kier alpha value is -2.21. The first-order valence-electron chi connectivity index (χ1n) is 19.6. The largest absolute Gasteiger partial charge is 1.00 e. The third-order valence-electron chi connectivity index (χ3n) is 12.2. The Balaban J connectivity index is 0.00000600. The minimum Gasteiger partial charge on any atom is -0.744 e. The van der Waals surface area contributed by atoms with Gasteiger partial charge in [0, 0.05) is 60.3 Å². The van der Waals surface area contributed by atoms with Crippen LogP contribution in [0.15, 0.2) is 70.1 Å². The van der Waals surface area contributed by atoms with Gasteiger partial charge in [0.1, 0.15) is 26.8 Å². The molecule has 6 rings (SSSR count). The van der Waals surface area contributed by atoms with Crippen LogP contribution in [0.2, 0.25) is 0 Å². The van der Waals surface area contributed by atoms with Crippen LogP contribution in [0.25, 0.3) is 0 Å². The molecule has 2 saturated carbocycles. The quantitative estimate of drug-likeness (QED) is 0.106. The zero-order chi connectivity index (χ0) is 39.4. The van der Waals surface area contributed by atoms with E-state index in [0.29, 0.717) is 51.6 Å². The van der Waals surface area contributed by atoms with Gasteiger partial charge in [-0.05, 0) is 93.3 Å². The van der Waals surface area contributed by atoms with Gasteiger partial charge in [-0.3, -0.25) is 9.59 Å². The number of fused-ring (bicyclic) bond motifs is 4. The summed E-state index contributed by atoms with van der Waals surface area (Å²) in [4.78, 5) is 24.1. The number of unbranched alkanes of at least 4 members (excludes halogenated alkanes) is 4. The monoisotopic (exact) mass is 834 g/mol. The minimum atomic E-state index is -4.70. The predicted molar refractivity (Wildman–Crippen MR) is 205 cm³/mol. The molecule has 2 aromatic carbocycles. The van der Waals surface area contributed by atoms with Crippen molar-refractivity contribution in [3.8, 4) is 0 Å². The molecule has 2 N–H and O–H groups in total. The van der Waals surface area contributed by atoms with Crippen LogP contribution >= 0.6 is 0 Å². The Morgan fingerprint density at radius 2 is 1.25 bits per heavy atom. The van der Waals surface area contributed by atoms with Crippen molar-refractivity contribution >= 4 is 49.3 Å². The molecule has 15 heteroatoms. The molecule has 2 aliphatic carbocycles. The van der Waals surface area contributed by atoms with E-state index in [1.54, 1.807) is 24.3 Å². The summed E-state index contributed by atoms with van der Waals surface area (Å²) >= 11 is 0. The second-order valence-corrected chi connectivity index (χ2v) is 18.3. The van der Waals surface area contributed by atoms with Crippen molar-refractivity contribution in [3.05, 3.63) is 71.5 Å². The molecular weight excluding hydrogens is 784 g/mol. The smallest absolute Gasteiger partial charge is 0.744 e. The van der Waals surface area contributed by atoms with Crippen LogP contribution in [0.4, 0.5) is 11.4 Å². The zero-order valence-electron chi connectivity index (χ0n) is 32.2. The molecule has 0 radical (unpaired) electrons. The van der Waals surface area contributed by atoms with Gasteiger partial charge >= 0.3 is 63.3 Å². The average Bonchev–Trinajstić information content (AvgIpc) is 3.52. The first-order chi connectivity index (χ1) is 26.2. The van der Waals surface area contributed by atoms with E-state index in [9.17, 15) is 45.7 Å². The zero-order valence-corrected chi connectivity index (χ0v) is 37.0. The maximum absolute atomic E-state index is 12.2. The second-order valence-electron chi connectivity index (χ2n) is 15.6. The van der Waals surface area contributed by atoms with Gasteiger partial charge < -0.3 is 24.2 Å². The van der Waals surface area contributed by atoms with E-state index in [-0.39, 0.29) is 74.0 Å². The molecule has 0 atom stereocenters. The maximum atomic E-state index is 12.2. The van der Waals surface area contributed by atoms with Crippen LogP contribution in [0.3, 0.4) is 0 Å². The molecule has 0 unspecified atom stereocenters. The van der Waals surface area contributed by atoms with E-state index in [1.807, 2.05) is 6.08 Å². The van der Waals surface area contributed by atoms with Crippen molar-refractivity contribution in [2.24, 2.45) is 0 Å². The van der Waals surface area contributed by atoms with Gasteiger partial charge in [-0.2, -0.15) is 4.58 Å². The third-order valence-corrected chi connectivity index (χ3v) is 13.8. The predicted octanol–water partition coefficient (Wildman–Crippen LogP) is 4.25. The summed E-state index contributed by atoms with van der Waals surface area (Å²) < 4.78 is 75.7. The molecule has 4 aliphatic rings. The number of carbonyl (C=O) groups is 2. The Morgan fingerprint density at radius 1 is 0.714 bits per heavy atom. The first-order valence-corrected chi connectivity index (χ1v) is 22.4. The Bertz CT molecular complexity index is 2120. The molecule has 0 aromatic heterocycles. The van der Waals surface area contributed by atoms with Crippen LogP contribution in [-0.2, 0) is 40.7 Å². The van der Waals surface area contributed by atoms with Gasteiger partial charge in [-0.1, -0.05) is 51.0 Å². The van der Waals surface area contributed by atoms with Crippen LogP contribution in [0.5, 0.6) is 0 Å². The second kappa shape index (κ2) is 18.8. The van der Waals surface area contributed by atoms with Gasteiger partial charge in [-0.15, -0.1) is 0 Å². The van der Waals surface area contributed by atoms with Gasteiger partial charge in [0.15, 0.2) is 5.71 Å². The molecule has 298 valence electrons. The molecule has 2 aliphatic heterocycles. The van der Waals surface area contributed by atoms with Gasteiger partial charge in [-0.25, -0.2) is 16.8 Å². The van der Waals surface area contributed by atoms with E-state index in [2.05, 4.69) is 21.6 Å².